The molecule has 0 saturated heterocycles. The van der Waals surface area contributed by atoms with Crippen molar-refractivity contribution in [2.75, 3.05) is 10.6 Å². The number of para-hydroxylation sites is 1. The quantitative estimate of drug-likeness (QED) is 0.619. The van der Waals surface area contributed by atoms with Gasteiger partial charge >= 0.3 is 0 Å². The molecule has 0 saturated carbocycles. The third-order valence-electron chi connectivity index (χ3n) is 4.41. The molecule has 0 unspecified atom stereocenters. The number of nitrogens with one attached hydrogen (secondary N) is 2. The monoisotopic (exact) mass is 397 g/mol. The summed E-state index contributed by atoms with van der Waals surface area (Å²) in [5.74, 6) is 0.443. The first-order chi connectivity index (χ1) is 13.3. The number of carbonyl (C=O) groups is 2. The Morgan fingerprint density at radius 2 is 1.96 bits per heavy atom. The van der Waals surface area contributed by atoms with E-state index < -0.39 is 0 Å². The molecule has 0 atom stereocenters. The van der Waals surface area contributed by atoms with Crippen LogP contribution in [-0.2, 0) is 11.2 Å². The molecule has 0 radical (unpaired) electrons. The van der Waals surface area contributed by atoms with Crippen LogP contribution in [-0.4, -0.2) is 16.8 Å². The fourth-order valence-electron chi connectivity index (χ4n) is 2.92. The van der Waals surface area contributed by atoms with Crippen LogP contribution < -0.4 is 10.6 Å². The van der Waals surface area contributed by atoms with Crippen LogP contribution in [0, 0.1) is 13.8 Å². The molecule has 6 nitrogen and oxygen atoms in total. The van der Waals surface area contributed by atoms with E-state index in [2.05, 4.69) is 29.5 Å². The number of furan rings is 1. The van der Waals surface area contributed by atoms with Gasteiger partial charge in [-0.3, -0.25) is 14.9 Å². The summed E-state index contributed by atoms with van der Waals surface area (Å²) >= 11 is 1.29. The number of rotatable bonds is 6. The molecule has 0 aliphatic heterocycles. The second-order valence-electron chi connectivity index (χ2n) is 6.91. The minimum atomic E-state index is -0.280. The molecule has 146 valence electrons. The standard InChI is InChI=1S/C21H23N3O3S/c1-12(2)16-7-5-6-13(3)19(16)23-18(25)10-15-11-28-21(22-15)24-20(26)17-8-9-27-14(17)4/h5-9,11-12H,10H2,1-4H3,(H,23,25)(H,22,24,26). The van der Waals surface area contributed by atoms with Crippen LogP contribution in [0.1, 0.15) is 52.7 Å². The van der Waals surface area contributed by atoms with Gasteiger partial charge in [0, 0.05) is 11.1 Å². The lowest BCUT2D eigenvalue weighted by Gasteiger charge is -2.16. The first-order valence-electron chi connectivity index (χ1n) is 9.04. The van der Waals surface area contributed by atoms with Gasteiger partial charge in [0.25, 0.3) is 5.91 Å². The third kappa shape index (κ3) is 4.48. The molecule has 2 N–H and O–H groups in total. The molecule has 7 heteroatoms. The first kappa shape index (κ1) is 19.8. The van der Waals surface area contributed by atoms with Gasteiger partial charge < -0.3 is 9.73 Å². The topological polar surface area (TPSA) is 84.2 Å². The number of hydrogen-bond acceptors (Lipinski definition) is 5. The van der Waals surface area contributed by atoms with Crippen LogP contribution in [0.2, 0.25) is 0 Å². The number of thiazole rings is 1. The van der Waals surface area contributed by atoms with Gasteiger partial charge in [0.05, 0.1) is 23.9 Å². The molecule has 0 aliphatic rings. The lowest BCUT2D eigenvalue weighted by molar-refractivity contribution is -0.115. The molecule has 28 heavy (non-hydrogen) atoms. The molecular weight excluding hydrogens is 374 g/mol. The van der Waals surface area contributed by atoms with Gasteiger partial charge in [0.1, 0.15) is 5.76 Å². The van der Waals surface area contributed by atoms with Crippen LogP contribution >= 0.6 is 11.3 Å². The average Bonchev–Trinajstić information content (AvgIpc) is 3.25. The number of aromatic nitrogens is 1. The van der Waals surface area contributed by atoms with Gasteiger partial charge in [-0.05, 0) is 37.0 Å². The number of aryl methyl sites for hydroxylation is 2. The van der Waals surface area contributed by atoms with Gasteiger partial charge in [0.2, 0.25) is 5.91 Å². The predicted octanol–water partition coefficient (Wildman–Crippen LogP) is 4.91. The Morgan fingerprint density at radius 3 is 2.64 bits per heavy atom. The number of anilines is 2. The third-order valence-corrected chi connectivity index (χ3v) is 5.22. The van der Waals surface area contributed by atoms with Crippen molar-refractivity contribution in [2.45, 2.75) is 40.0 Å². The van der Waals surface area contributed by atoms with Crippen molar-refractivity contribution in [2.24, 2.45) is 0 Å². The molecule has 0 bridgehead atoms. The van der Waals surface area contributed by atoms with E-state index in [-0.39, 0.29) is 18.2 Å². The maximum atomic E-state index is 12.5. The van der Waals surface area contributed by atoms with E-state index >= 15 is 0 Å². The molecule has 1 aromatic carbocycles. The maximum Gasteiger partial charge on any atom is 0.260 e. The largest absolute Gasteiger partial charge is 0.469 e. The van der Waals surface area contributed by atoms with Crippen molar-refractivity contribution in [1.29, 1.82) is 0 Å². The number of amides is 2. The molecule has 2 aromatic heterocycles. The Labute approximate surface area is 168 Å². The molecule has 0 spiro atoms. The molecule has 0 aliphatic carbocycles. The second kappa shape index (κ2) is 8.39. The normalized spacial score (nSPS) is 10.9. The van der Waals surface area contributed by atoms with Crippen LogP contribution in [0.3, 0.4) is 0 Å². The molecule has 2 amide bonds. The molecule has 3 aromatic rings. The maximum absolute atomic E-state index is 12.5. The number of nitrogens with zero attached hydrogens (tertiary/aromatic N) is 1. The predicted molar refractivity (Wildman–Crippen MR) is 111 cm³/mol. The first-order valence-corrected chi connectivity index (χ1v) is 9.92. The van der Waals surface area contributed by atoms with Crippen molar-refractivity contribution in [3.8, 4) is 0 Å². The lowest BCUT2D eigenvalue weighted by atomic mass is 9.98. The summed E-state index contributed by atoms with van der Waals surface area (Å²) in [6.45, 7) is 7.91. The van der Waals surface area contributed by atoms with Gasteiger partial charge in [-0.25, -0.2) is 4.98 Å². The van der Waals surface area contributed by atoms with E-state index in [0.29, 0.717) is 28.1 Å². The van der Waals surface area contributed by atoms with Crippen LogP contribution in [0.15, 0.2) is 40.3 Å². The fourth-order valence-corrected chi connectivity index (χ4v) is 3.63. The van der Waals surface area contributed by atoms with E-state index in [4.69, 9.17) is 4.42 Å². The van der Waals surface area contributed by atoms with Crippen molar-refractivity contribution < 1.29 is 14.0 Å². The summed E-state index contributed by atoms with van der Waals surface area (Å²) in [5, 5.41) is 7.98. The highest BCUT2D eigenvalue weighted by Gasteiger charge is 2.16. The zero-order chi connectivity index (χ0) is 20.3. The van der Waals surface area contributed by atoms with E-state index in [1.807, 2.05) is 25.1 Å². The summed E-state index contributed by atoms with van der Waals surface area (Å²) in [5.41, 5.74) is 4.08. The molecular formula is C21H23N3O3S. The SMILES string of the molecule is Cc1cccc(C(C)C)c1NC(=O)Cc1csc(NC(=O)c2ccoc2C)n1. The molecule has 3 rings (SSSR count). The molecule has 0 fully saturated rings. The summed E-state index contributed by atoms with van der Waals surface area (Å²) in [4.78, 5) is 29.1. The zero-order valence-electron chi connectivity index (χ0n) is 16.3. The minimum Gasteiger partial charge on any atom is -0.469 e. The van der Waals surface area contributed by atoms with Crippen molar-refractivity contribution >= 4 is 34.0 Å². The second-order valence-corrected chi connectivity index (χ2v) is 7.77. The zero-order valence-corrected chi connectivity index (χ0v) is 17.1. The summed E-state index contributed by atoms with van der Waals surface area (Å²) < 4.78 is 5.14. The van der Waals surface area contributed by atoms with Crippen molar-refractivity contribution in [3.05, 3.63) is 64.1 Å². The van der Waals surface area contributed by atoms with Gasteiger partial charge in [0.15, 0.2) is 5.13 Å². The number of carbonyl (C=O) groups excluding carboxylic acids is 2. The number of benzene rings is 1. The van der Waals surface area contributed by atoms with Gasteiger partial charge in [-0.2, -0.15) is 0 Å². The average molecular weight is 398 g/mol. The van der Waals surface area contributed by atoms with E-state index in [1.165, 1.54) is 17.6 Å². The van der Waals surface area contributed by atoms with Crippen LogP contribution in [0.25, 0.3) is 0 Å². The Morgan fingerprint density at radius 1 is 1.18 bits per heavy atom. The Hall–Kier alpha value is -2.93. The summed E-state index contributed by atoms with van der Waals surface area (Å²) in [6, 6.07) is 7.62. The summed E-state index contributed by atoms with van der Waals surface area (Å²) in [6.07, 6.45) is 1.61. The molecule has 2 heterocycles. The highest BCUT2D eigenvalue weighted by atomic mass is 32.1. The van der Waals surface area contributed by atoms with Crippen molar-refractivity contribution in [3.63, 3.8) is 0 Å². The minimum absolute atomic E-state index is 0.134. The Kier molecular flexibility index (Phi) is 5.94. The van der Waals surface area contributed by atoms with Crippen LogP contribution in [0.5, 0.6) is 0 Å². The van der Waals surface area contributed by atoms with E-state index in [9.17, 15) is 9.59 Å². The van der Waals surface area contributed by atoms with Gasteiger partial charge in [-0.15, -0.1) is 11.3 Å². The highest BCUT2D eigenvalue weighted by molar-refractivity contribution is 7.14. The van der Waals surface area contributed by atoms with E-state index in [0.717, 1.165) is 16.8 Å². The van der Waals surface area contributed by atoms with Crippen molar-refractivity contribution in [1.82, 2.24) is 4.98 Å². The Bertz CT molecular complexity index is 1000. The number of hydrogen-bond donors (Lipinski definition) is 2. The van der Waals surface area contributed by atoms with E-state index in [1.54, 1.807) is 18.4 Å². The summed E-state index contributed by atoms with van der Waals surface area (Å²) in [7, 11) is 0. The van der Waals surface area contributed by atoms with Gasteiger partial charge in [-0.1, -0.05) is 32.0 Å². The lowest BCUT2D eigenvalue weighted by Crippen LogP contribution is -2.17. The smallest absolute Gasteiger partial charge is 0.260 e. The van der Waals surface area contributed by atoms with Crippen LogP contribution in [0.4, 0.5) is 10.8 Å². The Balaban J connectivity index is 1.65. The highest BCUT2D eigenvalue weighted by Crippen LogP contribution is 2.27. The fraction of sp³-hybridized carbons (Fsp3) is 0.286.